The first-order valence-electron chi connectivity index (χ1n) is 7.87. The lowest BCUT2D eigenvalue weighted by molar-refractivity contribution is -0.143. The van der Waals surface area contributed by atoms with Gasteiger partial charge in [0.2, 0.25) is 0 Å². The van der Waals surface area contributed by atoms with E-state index in [1.807, 2.05) is 30.5 Å². The van der Waals surface area contributed by atoms with Gasteiger partial charge in [-0.05, 0) is 12.1 Å². The highest BCUT2D eigenvalue weighted by Gasteiger charge is 2.24. The van der Waals surface area contributed by atoms with Crippen molar-refractivity contribution in [2.75, 3.05) is 33.4 Å². The van der Waals surface area contributed by atoms with Crippen LogP contribution in [0.4, 0.5) is 0 Å². The molecule has 1 aromatic heterocycles. The summed E-state index contributed by atoms with van der Waals surface area (Å²) in [4.78, 5) is 13.3. The lowest BCUT2D eigenvalue weighted by Gasteiger charge is -2.20. The van der Waals surface area contributed by atoms with E-state index in [2.05, 4.69) is 10.00 Å². The van der Waals surface area contributed by atoms with Crippen LogP contribution >= 0.6 is 0 Å². The number of para-hydroxylation sites is 2. The van der Waals surface area contributed by atoms with Gasteiger partial charge in [-0.25, -0.2) is 4.68 Å². The average Bonchev–Trinajstić information content (AvgIpc) is 2.91. The number of carbonyl (C=O) groups is 1. The molecular weight excluding hydrogens is 310 g/mol. The van der Waals surface area contributed by atoms with Crippen LogP contribution in [-0.2, 0) is 16.1 Å². The second kappa shape index (κ2) is 7.46. The Bertz CT molecular complexity index is 701. The number of hydrogen-bond acceptors (Lipinski definition) is 5. The lowest BCUT2D eigenvalue weighted by atomic mass is 10.1. The third kappa shape index (κ3) is 3.74. The molecule has 1 fully saturated rings. The maximum Gasteiger partial charge on any atom is 0.310 e. The fraction of sp³-hybridized carbons (Fsp3) is 0.412. The molecule has 1 N–H and O–H groups in total. The van der Waals surface area contributed by atoms with E-state index in [1.54, 1.807) is 18.0 Å². The first kappa shape index (κ1) is 16.5. The fourth-order valence-electron chi connectivity index (χ4n) is 2.82. The van der Waals surface area contributed by atoms with Crippen molar-refractivity contribution in [2.24, 2.45) is 5.92 Å². The number of hydrogen-bond donors (Lipinski definition) is 1. The Balaban J connectivity index is 1.72. The maximum absolute atomic E-state index is 11.2. The van der Waals surface area contributed by atoms with E-state index < -0.39 is 11.9 Å². The molecular formula is C17H21N3O4. The molecule has 2 heterocycles. The summed E-state index contributed by atoms with van der Waals surface area (Å²) in [6, 6.07) is 7.68. The highest BCUT2D eigenvalue weighted by atomic mass is 16.5. The third-order valence-electron chi connectivity index (χ3n) is 4.07. The first-order chi connectivity index (χ1) is 11.7. The van der Waals surface area contributed by atoms with Gasteiger partial charge >= 0.3 is 5.97 Å². The molecule has 1 atom stereocenters. The number of benzene rings is 1. The maximum atomic E-state index is 11.2. The van der Waals surface area contributed by atoms with Gasteiger partial charge in [0.05, 0.1) is 32.4 Å². The minimum atomic E-state index is -0.813. The topological polar surface area (TPSA) is 76.8 Å². The van der Waals surface area contributed by atoms with Crippen LogP contribution in [-0.4, -0.2) is 59.2 Å². The molecule has 1 unspecified atom stereocenters. The molecule has 1 aliphatic heterocycles. The number of carboxylic acid groups (broad SMARTS) is 1. The van der Waals surface area contributed by atoms with Crippen molar-refractivity contribution in [2.45, 2.75) is 6.54 Å². The van der Waals surface area contributed by atoms with E-state index in [9.17, 15) is 9.90 Å². The SMILES string of the molecule is COc1ccccc1-n1cc(CN2CCOCC(C(=O)O)C2)cn1. The highest BCUT2D eigenvalue weighted by Crippen LogP contribution is 2.22. The van der Waals surface area contributed by atoms with Crippen LogP contribution in [0.2, 0.25) is 0 Å². The molecule has 7 heteroatoms. The van der Waals surface area contributed by atoms with Gasteiger partial charge in [-0.15, -0.1) is 0 Å². The molecule has 24 heavy (non-hydrogen) atoms. The Kier molecular flexibility index (Phi) is 5.12. The summed E-state index contributed by atoms with van der Waals surface area (Å²) < 4.78 is 12.5. The van der Waals surface area contributed by atoms with E-state index in [0.29, 0.717) is 26.2 Å². The van der Waals surface area contributed by atoms with Crippen molar-refractivity contribution in [3.05, 3.63) is 42.2 Å². The van der Waals surface area contributed by atoms with Gasteiger partial charge in [-0.2, -0.15) is 5.10 Å². The largest absolute Gasteiger partial charge is 0.494 e. The second-order valence-electron chi connectivity index (χ2n) is 5.81. The van der Waals surface area contributed by atoms with Crippen molar-refractivity contribution in [1.29, 1.82) is 0 Å². The number of aromatic nitrogens is 2. The Labute approximate surface area is 140 Å². The first-order valence-corrected chi connectivity index (χ1v) is 7.87. The highest BCUT2D eigenvalue weighted by molar-refractivity contribution is 5.70. The standard InChI is InChI=1S/C17H21N3O4/c1-23-16-5-3-2-4-15(16)20-10-13(8-18-20)9-19-6-7-24-12-14(11-19)17(21)22/h2-5,8,10,14H,6-7,9,11-12H2,1H3,(H,21,22). The number of nitrogens with zero attached hydrogens (tertiary/aromatic N) is 3. The van der Waals surface area contributed by atoms with E-state index in [1.165, 1.54) is 0 Å². The third-order valence-corrected chi connectivity index (χ3v) is 4.07. The van der Waals surface area contributed by atoms with Gasteiger partial charge in [0.1, 0.15) is 11.4 Å². The molecule has 0 saturated carbocycles. The summed E-state index contributed by atoms with van der Waals surface area (Å²) in [7, 11) is 1.63. The molecule has 0 radical (unpaired) electrons. The minimum Gasteiger partial charge on any atom is -0.494 e. The van der Waals surface area contributed by atoms with Crippen molar-refractivity contribution in [3.63, 3.8) is 0 Å². The van der Waals surface area contributed by atoms with Crippen molar-refractivity contribution in [3.8, 4) is 11.4 Å². The normalized spacial score (nSPS) is 19.0. The monoisotopic (exact) mass is 331 g/mol. The summed E-state index contributed by atoms with van der Waals surface area (Å²) in [6.45, 7) is 2.65. The van der Waals surface area contributed by atoms with Crippen LogP contribution in [0.5, 0.6) is 5.75 Å². The van der Waals surface area contributed by atoms with Gasteiger partial charge in [0, 0.05) is 31.4 Å². The van der Waals surface area contributed by atoms with Crippen molar-refractivity contribution >= 4 is 5.97 Å². The second-order valence-corrected chi connectivity index (χ2v) is 5.81. The Morgan fingerprint density at radius 1 is 1.46 bits per heavy atom. The fourth-order valence-corrected chi connectivity index (χ4v) is 2.82. The van der Waals surface area contributed by atoms with Gasteiger partial charge in [0.15, 0.2) is 0 Å². The molecule has 1 aliphatic rings. The Morgan fingerprint density at radius 3 is 3.08 bits per heavy atom. The average molecular weight is 331 g/mol. The van der Waals surface area contributed by atoms with E-state index in [-0.39, 0.29) is 6.61 Å². The number of carboxylic acids is 1. The number of ether oxygens (including phenoxy) is 2. The van der Waals surface area contributed by atoms with Crippen LogP contribution in [0.25, 0.3) is 5.69 Å². The predicted molar refractivity (Wildman–Crippen MR) is 87.3 cm³/mol. The van der Waals surface area contributed by atoms with E-state index >= 15 is 0 Å². The van der Waals surface area contributed by atoms with Crippen LogP contribution in [0, 0.1) is 5.92 Å². The van der Waals surface area contributed by atoms with Crippen molar-refractivity contribution < 1.29 is 19.4 Å². The van der Waals surface area contributed by atoms with E-state index in [4.69, 9.17) is 9.47 Å². The minimum absolute atomic E-state index is 0.270. The molecule has 1 saturated heterocycles. The van der Waals surface area contributed by atoms with Gasteiger partial charge in [-0.1, -0.05) is 12.1 Å². The molecule has 1 aromatic carbocycles. The number of aliphatic carboxylic acids is 1. The Hall–Kier alpha value is -2.38. The molecule has 0 bridgehead atoms. The number of rotatable bonds is 5. The summed E-state index contributed by atoms with van der Waals surface area (Å²) >= 11 is 0. The Morgan fingerprint density at radius 2 is 2.29 bits per heavy atom. The summed E-state index contributed by atoms with van der Waals surface area (Å²) in [5.74, 6) is -0.551. The van der Waals surface area contributed by atoms with Crippen LogP contribution in [0.1, 0.15) is 5.56 Å². The van der Waals surface area contributed by atoms with Crippen LogP contribution in [0.3, 0.4) is 0 Å². The predicted octanol–water partition coefficient (Wildman–Crippen LogP) is 1.41. The van der Waals surface area contributed by atoms with Gasteiger partial charge in [0.25, 0.3) is 0 Å². The zero-order valence-corrected chi connectivity index (χ0v) is 13.6. The zero-order valence-electron chi connectivity index (χ0n) is 13.6. The van der Waals surface area contributed by atoms with Gasteiger partial charge < -0.3 is 14.6 Å². The summed E-state index contributed by atoms with van der Waals surface area (Å²) in [6.07, 6.45) is 3.74. The smallest absolute Gasteiger partial charge is 0.310 e. The van der Waals surface area contributed by atoms with Crippen LogP contribution in [0.15, 0.2) is 36.7 Å². The molecule has 128 valence electrons. The molecule has 3 rings (SSSR count). The molecule has 0 amide bonds. The zero-order chi connectivity index (χ0) is 16.9. The van der Waals surface area contributed by atoms with Gasteiger partial charge in [-0.3, -0.25) is 9.69 Å². The van der Waals surface area contributed by atoms with Crippen molar-refractivity contribution in [1.82, 2.24) is 14.7 Å². The molecule has 2 aromatic rings. The quantitative estimate of drug-likeness (QED) is 0.893. The number of methoxy groups -OCH3 is 1. The summed E-state index contributed by atoms with van der Waals surface area (Å²) in [5.41, 5.74) is 1.89. The van der Waals surface area contributed by atoms with Crippen LogP contribution < -0.4 is 4.74 Å². The molecule has 0 aliphatic carbocycles. The molecule has 0 spiro atoms. The van der Waals surface area contributed by atoms with E-state index in [0.717, 1.165) is 17.0 Å². The summed E-state index contributed by atoms with van der Waals surface area (Å²) in [5, 5.41) is 13.6. The molecule has 7 nitrogen and oxygen atoms in total. The lowest BCUT2D eigenvalue weighted by Crippen LogP contribution is -2.33.